The van der Waals surface area contributed by atoms with Crippen molar-refractivity contribution in [2.75, 3.05) is 33.8 Å². The molecule has 0 saturated heterocycles. The maximum Gasteiger partial charge on any atom is 0.130 e. The van der Waals surface area contributed by atoms with Crippen LogP contribution in [0.15, 0.2) is 42.5 Å². The summed E-state index contributed by atoms with van der Waals surface area (Å²) in [5, 5.41) is 5.70. The standard InChI is InChI=1S/C24H29NO4/c1-15-9-20-21(7-8-22(28-5)24(20)23(10-15)29-6)25-16(2)11-17-12-18(26-3)14-19(13-17)27-4/h7-10,12-14,16,25H,11H2,1-6H3/t16-/m0/s1. The van der Waals surface area contributed by atoms with E-state index in [1.165, 1.54) is 0 Å². The lowest BCUT2D eigenvalue weighted by Crippen LogP contribution is -2.18. The highest BCUT2D eigenvalue weighted by Gasteiger charge is 2.15. The van der Waals surface area contributed by atoms with Gasteiger partial charge in [-0.15, -0.1) is 0 Å². The molecule has 3 rings (SSSR count). The smallest absolute Gasteiger partial charge is 0.130 e. The summed E-state index contributed by atoms with van der Waals surface area (Å²) in [7, 11) is 6.70. The minimum absolute atomic E-state index is 0.190. The summed E-state index contributed by atoms with van der Waals surface area (Å²) in [4.78, 5) is 0. The molecule has 0 saturated carbocycles. The molecule has 3 aromatic rings. The number of methoxy groups -OCH3 is 4. The Morgan fingerprint density at radius 3 is 2.03 bits per heavy atom. The lowest BCUT2D eigenvalue weighted by atomic mass is 10.0. The second-order valence-electron chi connectivity index (χ2n) is 7.18. The number of hydrogen-bond donors (Lipinski definition) is 1. The molecule has 1 N–H and O–H groups in total. The highest BCUT2D eigenvalue weighted by molar-refractivity contribution is 6.02. The molecule has 5 heteroatoms. The molecule has 0 aliphatic carbocycles. The molecule has 0 aliphatic rings. The first-order chi connectivity index (χ1) is 14.0. The average Bonchev–Trinajstić information content (AvgIpc) is 2.72. The van der Waals surface area contributed by atoms with Crippen molar-refractivity contribution in [3.63, 3.8) is 0 Å². The number of aryl methyl sites for hydroxylation is 1. The van der Waals surface area contributed by atoms with Gasteiger partial charge >= 0.3 is 0 Å². The number of ether oxygens (including phenoxy) is 4. The van der Waals surface area contributed by atoms with E-state index < -0.39 is 0 Å². The zero-order chi connectivity index (χ0) is 21.0. The predicted octanol–water partition coefficient (Wildman–Crippen LogP) is 5.23. The number of nitrogens with one attached hydrogen (secondary N) is 1. The van der Waals surface area contributed by atoms with Crippen molar-refractivity contribution in [3.8, 4) is 23.0 Å². The fraction of sp³-hybridized carbons (Fsp3) is 0.333. The number of fused-ring (bicyclic) bond motifs is 1. The van der Waals surface area contributed by atoms with E-state index in [2.05, 4.69) is 31.3 Å². The Labute approximate surface area is 172 Å². The molecule has 3 aromatic carbocycles. The van der Waals surface area contributed by atoms with Crippen LogP contribution in [0.1, 0.15) is 18.1 Å². The molecule has 0 spiro atoms. The predicted molar refractivity (Wildman–Crippen MR) is 118 cm³/mol. The van der Waals surface area contributed by atoms with Crippen LogP contribution >= 0.6 is 0 Å². The largest absolute Gasteiger partial charge is 0.497 e. The summed E-state index contributed by atoms with van der Waals surface area (Å²) in [6, 6.07) is 14.4. The quantitative estimate of drug-likeness (QED) is 0.566. The molecule has 0 radical (unpaired) electrons. The van der Waals surface area contributed by atoms with Crippen molar-refractivity contribution in [3.05, 3.63) is 53.6 Å². The zero-order valence-corrected chi connectivity index (χ0v) is 18.0. The first-order valence-corrected chi connectivity index (χ1v) is 9.62. The van der Waals surface area contributed by atoms with Crippen molar-refractivity contribution in [2.45, 2.75) is 26.3 Å². The highest BCUT2D eigenvalue weighted by Crippen LogP contribution is 2.39. The van der Waals surface area contributed by atoms with Gasteiger partial charge in [-0.2, -0.15) is 0 Å². The number of benzene rings is 3. The Kier molecular flexibility index (Phi) is 6.37. The van der Waals surface area contributed by atoms with Gasteiger partial charge in [-0.1, -0.05) is 0 Å². The Morgan fingerprint density at radius 1 is 0.793 bits per heavy atom. The van der Waals surface area contributed by atoms with Gasteiger partial charge in [-0.3, -0.25) is 0 Å². The van der Waals surface area contributed by atoms with Crippen molar-refractivity contribution in [1.29, 1.82) is 0 Å². The molecule has 0 aliphatic heterocycles. The van der Waals surface area contributed by atoms with Crippen LogP contribution in [0.2, 0.25) is 0 Å². The van der Waals surface area contributed by atoms with Gasteiger partial charge in [0, 0.05) is 23.2 Å². The van der Waals surface area contributed by atoms with E-state index in [0.29, 0.717) is 0 Å². The van der Waals surface area contributed by atoms with E-state index in [1.807, 2.05) is 30.3 Å². The van der Waals surface area contributed by atoms with Gasteiger partial charge in [0.05, 0.1) is 33.8 Å². The summed E-state index contributed by atoms with van der Waals surface area (Å²) in [5.74, 6) is 3.20. The minimum atomic E-state index is 0.190. The van der Waals surface area contributed by atoms with Crippen LogP contribution in [0.5, 0.6) is 23.0 Å². The minimum Gasteiger partial charge on any atom is -0.497 e. The van der Waals surface area contributed by atoms with E-state index in [0.717, 1.165) is 57.0 Å². The third-order valence-electron chi connectivity index (χ3n) is 4.98. The summed E-state index contributed by atoms with van der Waals surface area (Å²) in [6.07, 6.45) is 0.823. The molecule has 5 nitrogen and oxygen atoms in total. The van der Waals surface area contributed by atoms with Gasteiger partial charge in [0.25, 0.3) is 0 Å². The molecule has 1 atom stereocenters. The van der Waals surface area contributed by atoms with Gasteiger partial charge in [-0.25, -0.2) is 0 Å². The maximum absolute atomic E-state index is 5.62. The molecule has 0 fully saturated rings. The summed E-state index contributed by atoms with van der Waals surface area (Å²) >= 11 is 0. The third kappa shape index (κ3) is 4.50. The van der Waals surface area contributed by atoms with Crippen LogP contribution in [0.4, 0.5) is 5.69 Å². The topological polar surface area (TPSA) is 49.0 Å². The van der Waals surface area contributed by atoms with Crippen LogP contribution in [-0.4, -0.2) is 34.5 Å². The van der Waals surface area contributed by atoms with E-state index >= 15 is 0 Å². The van der Waals surface area contributed by atoms with Gasteiger partial charge in [0.2, 0.25) is 0 Å². The maximum atomic E-state index is 5.62. The van der Waals surface area contributed by atoms with Crippen LogP contribution in [-0.2, 0) is 6.42 Å². The summed E-state index contributed by atoms with van der Waals surface area (Å²) in [6.45, 7) is 4.23. The van der Waals surface area contributed by atoms with E-state index in [1.54, 1.807) is 28.4 Å². The normalized spacial score (nSPS) is 11.8. The van der Waals surface area contributed by atoms with Crippen LogP contribution in [0.3, 0.4) is 0 Å². The molecule has 154 valence electrons. The number of rotatable bonds is 8. The van der Waals surface area contributed by atoms with E-state index in [9.17, 15) is 0 Å². The molecule has 0 heterocycles. The molecule has 29 heavy (non-hydrogen) atoms. The highest BCUT2D eigenvalue weighted by atomic mass is 16.5. The lowest BCUT2D eigenvalue weighted by Gasteiger charge is -2.20. The van der Waals surface area contributed by atoms with Crippen LogP contribution in [0, 0.1) is 6.92 Å². The Morgan fingerprint density at radius 2 is 1.45 bits per heavy atom. The second-order valence-corrected chi connectivity index (χ2v) is 7.18. The van der Waals surface area contributed by atoms with Crippen LogP contribution in [0.25, 0.3) is 10.8 Å². The van der Waals surface area contributed by atoms with Crippen molar-refractivity contribution in [1.82, 2.24) is 0 Å². The Balaban J connectivity index is 1.93. The first kappa shape index (κ1) is 20.6. The van der Waals surface area contributed by atoms with Crippen molar-refractivity contribution in [2.24, 2.45) is 0 Å². The Bertz CT molecular complexity index is 978. The zero-order valence-electron chi connectivity index (χ0n) is 18.0. The molecular formula is C24H29NO4. The fourth-order valence-electron chi connectivity index (χ4n) is 3.66. The Hall–Kier alpha value is -3.08. The van der Waals surface area contributed by atoms with Gasteiger partial charge in [0.15, 0.2) is 0 Å². The summed E-state index contributed by atoms with van der Waals surface area (Å²) in [5.41, 5.74) is 3.33. The van der Waals surface area contributed by atoms with Crippen molar-refractivity contribution >= 4 is 16.5 Å². The monoisotopic (exact) mass is 395 g/mol. The fourth-order valence-corrected chi connectivity index (χ4v) is 3.66. The molecule has 0 aromatic heterocycles. The molecule has 0 amide bonds. The SMILES string of the molecule is COc1cc(C[C@H](C)Nc2ccc(OC)c3c(OC)cc(C)cc23)cc(OC)c1. The van der Waals surface area contributed by atoms with Gasteiger partial charge < -0.3 is 24.3 Å². The first-order valence-electron chi connectivity index (χ1n) is 9.62. The molecule has 0 unspecified atom stereocenters. The summed E-state index contributed by atoms with van der Waals surface area (Å²) < 4.78 is 22.0. The van der Waals surface area contributed by atoms with E-state index in [4.69, 9.17) is 18.9 Å². The van der Waals surface area contributed by atoms with Gasteiger partial charge in [-0.05, 0) is 67.8 Å². The number of anilines is 1. The molecule has 0 bridgehead atoms. The average molecular weight is 395 g/mol. The molecular weight excluding hydrogens is 366 g/mol. The second kappa shape index (κ2) is 8.95. The van der Waals surface area contributed by atoms with Crippen molar-refractivity contribution < 1.29 is 18.9 Å². The van der Waals surface area contributed by atoms with Crippen LogP contribution < -0.4 is 24.3 Å². The third-order valence-corrected chi connectivity index (χ3v) is 4.98. The lowest BCUT2D eigenvalue weighted by molar-refractivity contribution is 0.393. The van der Waals surface area contributed by atoms with Gasteiger partial charge in [0.1, 0.15) is 23.0 Å². The number of hydrogen-bond acceptors (Lipinski definition) is 5. The van der Waals surface area contributed by atoms with E-state index in [-0.39, 0.29) is 6.04 Å².